The van der Waals surface area contributed by atoms with Crippen molar-refractivity contribution in [2.24, 2.45) is 0 Å². The summed E-state index contributed by atoms with van der Waals surface area (Å²) in [5.74, 6) is -0.906. The first-order chi connectivity index (χ1) is 3.66. The molecule has 0 bridgehead atoms. The Morgan fingerprint density at radius 3 is 2.50 bits per heavy atom. The maximum Gasteiger partial charge on any atom is 0.264 e. The summed E-state index contributed by atoms with van der Waals surface area (Å²) in [6.45, 7) is 0. The molecule has 0 aromatic rings. The van der Waals surface area contributed by atoms with Crippen LogP contribution in [0, 0.1) is 11.3 Å². The van der Waals surface area contributed by atoms with Crippen LogP contribution in [0.15, 0.2) is 11.0 Å². The van der Waals surface area contributed by atoms with Gasteiger partial charge in [0.25, 0.3) is 5.91 Å². The lowest BCUT2D eigenvalue weighted by molar-refractivity contribution is -0.114. The number of nitrogens with one attached hydrogen (secondary N) is 1. The van der Waals surface area contributed by atoms with E-state index < -0.39 is 5.91 Å². The Labute approximate surface area is 52.2 Å². The summed E-state index contributed by atoms with van der Waals surface area (Å²) in [7, 11) is 0. The number of amides is 1. The lowest BCUT2D eigenvalue weighted by atomic mass is 10.5. The molecule has 8 heavy (non-hydrogen) atoms. The van der Waals surface area contributed by atoms with Gasteiger partial charge >= 0.3 is 0 Å². The standard InChI is InChI=1S/C4H3N2OS/c5-2-3(8)1-4(6)7/h1,6,8H. The highest BCUT2D eigenvalue weighted by Crippen LogP contribution is 1.94. The molecule has 0 spiro atoms. The molecule has 0 saturated heterocycles. The van der Waals surface area contributed by atoms with Crippen LogP contribution in [0.3, 0.4) is 0 Å². The second kappa shape index (κ2) is 3.10. The number of allylic oxidation sites excluding steroid dienone is 1. The number of nitriles is 1. The van der Waals surface area contributed by atoms with E-state index in [-0.39, 0.29) is 4.91 Å². The maximum absolute atomic E-state index is 9.80. The summed E-state index contributed by atoms with van der Waals surface area (Å²) >= 11 is 3.53. The molecule has 3 nitrogen and oxygen atoms in total. The van der Waals surface area contributed by atoms with Crippen LogP contribution < -0.4 is 5.73 Å². The van der Waals surface area contributed by atoms with Crippen LogP contribution >= 0.6 is 12.6 Å². The Bertz CT molecular complexity index is 167. The van der Waals surface area contributed by atoms with Crippen molar-refractivity contribution in [1.29, 1.82) is 5.26 Å². The van der Waals surface area contributed by atoms with Gasteiger partial charge in [0.05, 0.1) is 4.91 Å². The molecule has 0 aliphatic heterocycles. The van der Waals surface area contributed by atoms with Gasteiger partial charge in [0.1, 0.15) is 6.07 Å². The number of hydrogen-bond donors (Lipinski definition) is 1. The molecular formula is C4H3N2OS. The monoisotopic (exact) mass is 127 g/mol. The van der Waals surface area contributed by atoms with E-state index in [0.29, 0.717) is 0 Å². The average molecular weight is 127 g/mol. The van der Waals surface area contributed by atoms with Gasteiger partial charge in [0.2, 0.25) is 0 Å². The van der Waals surface area contributed by atoms with Crippen molar-refractivity contribution >= 4 is 18.5 Å². The van der Waals surface area contributed by atoms with Crippen LogP contribution in [0.2, 0.25) is 0 Å². The predicted octanol–water partition coefficient (Wildman–Crippen LogP) is 0.133. The van der Waals surface area contributed by atoms with Gasteiger partial charge in [-0.3, -0.25) is 10.5 Å². The van der Waals surface area contributed by atoms with Gasteiger partial charge in [-0.2, -0.15) is 5.26 Å². The van der Waals surface area contributed by atoms with Crippen LogP contribution in [0.1, 0.15) is 0 Å². The van der Waals surface area contributed by atoms with Crippen molar-refractivity contribution in [1.82, 2.24) is 5.73 Å². The van der Waals surface area contributed by atoms with E-state index in [4.69, 9.17) is 11.0 Å². The second-order valence-electron chi connectivity index (χ2n) is 1.01. The van der Waals surface area contributed by atoms with Crippen LogP contribution in [0.25, 0.3) is 0 Å². The summed E-state index contributed by atoms with van der Waals surface area (Å²) < 4.78 is 0. The number of thiol groups is 1. The van der Waals surface area contributed by atoms with Gasteiger partial charge in [0, 0.05) is 6.08 Å². The zero-order valence-electron chi connectivity index (χ0n) is 3.88. The molecule has 0 rings (SSSR count). The second-order valence-corrected chi connectivity index (χ2v) is 1.49. The fourth-order valence-corrected chi connectivity index (χ4v) is 0.274. The van der Waals surface area contributed by atoms with Crippen LogP contribution in [-0.4, -0.2) is 5.91 Å². The summed E-state index contributed by atoms with van der Waals surface area (Å²) in [6, 6.07) is 1.58. The van der Waals surface area contributed by atoms with Crippen molar-refractivity contribution in [3.8, 4) is 6.07 Å². The Balaban J connectivity index is 4.01. The van der Waals surface area contributed by atoms with Crippen molar-refractivity contribution in [3.63, 3.8) is 0 Å². The van der Waals surface area contributed by atoms with E-state index in [1.165, 1.54) is 0 Å². The van der Waals surface area contributed by atoms with Gasteiger partial charge in [-0.1, -0.05) is 0 Å². The molecule has 4 heteroatoms. The largest absolute Gasteiger partial charge is 0.268 e. The third-order valence-electron chi connectivity index (χ3n) is 0.382. The molecule has 0 fully saturated rings. The van der Waals surface area contributed by atoms with E-state index >= 15 is 0 Å². The predicted molar refractivity (Wildman–Crippen MR) is 30.8 cm³/mol. The van der Waals surface area contributed by atoms with Gasteiger partial charge in [-0.25, -0.2) is 0 Å². The minimum absolute atomic E-state index is 0.0370. The molecule has 0 aliphatic carbocycles. The Hall–Kier alpha value is -0.950. The molecule has 0 heterocycles. The number of rotatable bonds is 1. The Morgan fingerprint density at radius 1 is 1.88 bits per heavy atom. The SMILES string of the molecule is N#CC(S)=CC([NH])=O. The van der Waals surface area contributed by atoms with E-state index in [2.05, 4.69) is 12.6 Å². The maximum atomic E-state index is 9.80. The average Bonchev–Trinajstić information content (AvgIpc) is 1.65. The molecule has 0 aromatic carbocycles. The van der Waals surface area contributed by atoms with Crippen LogP contribution in [0.4, 0.5) is 0 Å². The highest BCUT2D eigenvalue weighted by Gasteiger charge is 1.88. The van der Waals surface area contributed by atoms with Gasteiger partial charge < -0.3 is 0 Å². The third-order valence-corrected chi connectivity index (χ3v) is 0.611. The van der Waals surface area contributed by atoms with Crippen molar-refractivity contribution in [3.05, 3.63) is 11.0 Å². The lowest BCUT2D eigenvalue weighted by Crippen LogP contribution is -1.90. The highest BCUT2D eigenvalue weighted by molar-refractivity contribution is 7.84. The third kappa shape index (κ3) is 3.25. The Morgan fingerprint density at radius 2 is 2.38 bits per heavy atom. The zero-order chi connectivity index (χ0) is 6.57. The topological polar surface area (TPSA) is 64.7 Å². The van der Waals surface area contributed by atoms with Gasteiger partial charge in [-0.05, 0) is 0 Å². The van der Waals surface area contributed by atoms with Gasteiger partial charge in [0.15, 0.2) is 0 Å². The van der Waals surface area contributed by atoms with Crippen LogP contribution in [0.5, 0.6) is 0 Å². The molecule has 0 saturated carbocycles. The zero-order valence-corrected chi connectivity index (χ0v) is 4.77. The molecule has 0 aromatic heterocycles. The molecular weight excluding hydrogens is 124 g/mol. The number of hydrogen-bond acceptors (Lipinski definition) is 3. The summed E-state index contributed by atoms with van der Waals surface area (Å²) in [5, 5.41) is 7.95. The van der Waals surface area contributed by atoms with E-state index in [1.807, 2.05) is 0 Å². The first-order valence-electron chi connectivity index (χ1n) is 1.73. The van der Waals surface area contributed by atoms with Crippen molar-refractivity contribution in [2.75, 3.05) is 0 Å². The number of carbonyl (C=O) groups excluding carboxylic acids is 1. The van der Waals surface area contributed by atoms with E-state index in [1.54, 1.807) is 6.07 Å². The summed E-state index contributed by atoms with van der Waals surface area (Å²) in [6.07, 6.45) is 0.836. The quantitative estimate of drug-likeness (QED) is 0.309. The molecule has 0 aliphatic rings. The fourth-order valence-electron chi connectivity index (χ4n) is 0.156. The molecule has 41 valence electrons. The number of carbonyl (C=O) groups is 1. The molecule has 1 N–H and O–H groups in total. The molecule has 0 unspecified atom stereocenters. The highest BCUT2D eigenvalue weighted by atomic mass is 32.1. The lowest BCUT2D eigenvalue weighted by Gasteiger charge is -1.76. The van der Waals surface area contributed by atoms with Gasteiger partial charge in [-0.15, -0.1) is 12.6 Å². The minimum atomic E-state index is -0.906. The van der Waals surface area contributed by atoms with E-state index in [9.17, 15) is 4.79 Å². The normalized spacial score (nSPS) is 10.2. The minimum Gasteiger partial charge on any atom is -0.268 e. The Kier molecular flexibility index (Phi) is 2.74. The fraction of sp³-hybridized carbons (Fsp3) is 0. The molecule has 1 amide bonds. The molecule has 1 radical (unpaired) electrons. The first kappa shape index (κ1) is 7.05. The van der Waals surface area contributed by atoms with Crippen molar-refractivity contribution in [2.45, 2.75) is 0 Å². The van der Waals surface area contributed by atoms with Crippen LogP contribution in [-0.2, 0) is 4.79 Å². The van der Waals surface area contributed by atoms with E-state index in [0.717, 1.165) is 6.08 Å². The van der Waals surface area contributed by atoms with Crippen molar-refractivity contribution < 1.29 is 4.79 Å². The molecule has 0 atom stereocenters. The first-order valence-corrected chi connectivity index (χ1v) is 2.18. The summed E-state index contributed by atoms with van der Waals surface area (Å²) in [4.78, 5) is 9.77. The summed E-state index contributed by atoms with van der Waals surface area (Å²) in [5.41, 5.74) is 6.30. The number of nitrogens with zero attached hydrogens (tertiary/aromatic N) is 1. The smallest absolute Gasteiger partial charge is 0.264 e.